The van der Waals surface area contributed by atoms with E-state index in [1.807, 2.05) is 30.3 Å². The first-order chi connectivity index (χ1) is 15.0. The van der Waals surface area contributed by atoms with Gasteiger partial charge in [0, 0.05) is 32.2 Å². The number of ether oxygens (including phenoxy) is 1. The maximum atomic E-state index is 13.2. The molecule has 164 valence electrons. The van der Waals surface area contributed by atoms with E-state index < -0.39 is 23.4 Å². The van der Waals surface area contributed by atoms with Gasteiger partial charge in [0.15, 0.2) is 0 Å². The molecule has 0 unspecified atom stereocenters. The van der Waals surface area contributed by atoms with Gasteiger partial charge in [0.2, 0.25) is 5.91 Å². The van der Waals surface area contributed by atoms with E-state index in [1.54, 1.807) is 4.90 Å². The number of β-amino-alcohol motifs (C(OH)–C–C–N with tert-alkyl or cyclic N) is 1. The molecule has 2 amide bonds. The number of nitrogens with zero attached hydrogens (tertiary/aromatic N) is 2. The van der Waals surface area contributed by atoms with Gasteiger partial charge in [0.25, 0.3) is 5.91 Å². The Bertz CT molecular complexity index is 918. The quantitative estimate of drug-likeness (QED) is 0.777. The average molecular weight is 427 g/mol. The molecule has 2 atom stereocenters. The highest BCUT2D eigenvalue weighted by atomic mass is 19.1. The molecule has 1 aromatic heterocycles. The molecule has 0 bridgehead atoms. The van der Waals surface area contributed by atoms with Crippen LogP contribution in [0.25, 0.3) is 0 Å². The highest BCUT2D eigenvalue weighted by Gasteiger charge is 2.46. The van der Waals surface area contributed by atoms with Crippen molar-refractivity contribution in [1.29, 1.82) is 0 Å². The van der Waals surface area contributed by atoms with Crippen molar-refractivity contribution < 1.29 is 23.8 Å². The summed E-state index contributed by atoms with van der Waals surface area (Å²) in [6, 6.07) is 11.7. The van der Waals surface area contributed by atoms with Crippen molar-refractivity contribution in [3.8, 4) is 0 Å². The number of aliphatic hydroxyl groups excluding tert-OH is 1. The Kier molecular flexibility index (Phi) is 6.29. The van der Waals surface area contributed by atoms with Gasteiger partial charge < -0.3 is 20.1 Å². The lowest BCUT2D eigenvalue weighted by Gasteiger charge is -2.47. The lowest BCUT2D eigenvalue weighted by Crippen LogP contribution is -2.63. The van der Waals surface area contributed by atoms with Gasteiger partial charge in [-0.25, -0.2) is 9.37 Å². The molecule has 3 heterocycles. The number of benzene rings is 1. The molecule has 1 aromatic carbocycles. The number of carbonyl (C=O) groups is 2. The Morgan fingerprint density at radius 2 is 1.90 bits per heavy atom. The lowest BCUT2D eigenvalue weighted by molar-refractivity contribution is -0.144. The molecule has 31 heavy (non-hydrogen) atoms. The molecule has 0 aliphatic carbocycles. The van der Waals surface area contributed by atoms with Gasteiger partial charge in [-0.2, -0.15) is 0 Å². The molecule has 2 aliphatic rings. The molecule has 0 saturated carbocycles. The SMILES string of the molecule is O=C(N[C@@]1(c2ccccc2)CCN(C(=O)C2CCOCC2)C[C@H]1O)c1ccc(F)cn1. The van der Waals surface area contributed by atoms with Crippen LogP contribution in [0, 0.1) is 11.7 Å². The van der Waals surface area contributed by atoms with Crippen LogP contribution in [0.2, 0.25) is 0 Å². The monoisotopic (exact) mass is 427 g/mol. The van der Waals surface area contributed by atoms with Crippen LogP contribution in [-0.2, 0) is 15.1 Å². The second kappa shape index (κ2) is 9.11. The number of pyridine rings is 1. The number of amides is 2. The Labute approximate surface area is 180 Å². The predicted octanol–water partition coefficient (Wildman–Crippen LogP) is 1.87. The minimum Gasteiger partial charge on any atom is -0.388 e. The highest BCUT2D eigenvalue weighted by Crippen LogP contribution is 2.35. The predicted molar refractivity (Wildman–Crippen MR) is 111 cm³/mol. The fraction of sp³-hybridized carbons (Fsp3) is 0.435. The molecule has 2 aromatic rings. The van der Waals surface area contributed by atoms with Crippen LogP contribution in [-0.4, -0.2) is 59.2 Å². The summed E-state index contributed by atoms with van der Waals surface area (Å²) in [6.07, 6.45) is 1.68. The Balaban J connectivity index is 1.56. The Morgan fingerprint density at radius 1 is 1.16 bits per heavy atom. The van der Waals surface area contributed by atoms with Gasteiger partial charge in [0.1, 0.15) is 11.5 Å². The number of nitrogens with one attached hydrogen (secondary N) is 1. The van der Waals surface area contributed by atoms with Crippen molar-refractivity contribution in [2.75, 3.05) is 26.3 Å². The third-order valence-corrected chi connectivity index (χ3v) is 6.21. The van der Waals surface area contributed by atoms with Crippen molar-refractivity contribution in [3.05, 3.63) is 65.7 Å². The van der Waals surface area contributed by atoms with E-state index in [4.69, 9.17) is 4.74 Å². The van der Waals surface area contributed by atoms with Crippen LogP contribution in [0.15, 0.2) is 48.7 Å². The largest absolute Gasteiger partial charge is 0.388 e. The molecule has 2 aliphatic heterocycles. The van der Waals surface area contributed by atoms with Crippen LogP contribution in [0.4, 0.5) is 4.39 Å². The van der Waals surface area contributed by atoms with Crippen LogP contribution in [0.5, 0.6) is 0 Å². The van der Waals surface area contributed by atoms with E-state index in [1.165, 1.54) is 12.1 Å². The molecular formula is C23H26FN3O4. The fourth-order valence-electron chi connectivity index (χ4n) is 4.40. The van der Waals surface area contributed by atoms with E-state index in [0.717, 1.165) is 11.8 Å². The Morgan fingerprint density at radius 3 is 2.55 bits per heavy atom. The molecule has 2 saturated heterocycles. The summed E-state index contributed by atoms with van der Waals surface area (Å²) in [6.45, 7) is 1.66. The van der Waals surface area contributed by atoms with Gasteiger partial charge in [-0.15, -0.1) is 0 Å². The zero-order valence-electron chi connectivity index (χ0n) is 17.2. The van der Waals surface area contributed by atoms with Crippen molar-refractivity contribution in [2.24, 2.45) is 5.92 Å². The summed E-state index contributed by atoms with van der Waals surface area (Å²) in [5.74, 6) is -1.11. The number of hydrogen-bond donors (Lipinski definition) is 2. The summed E-state index contributed by atoms with van der Waals surface area (Å²) in [4.78, 5) is 31.4. The number of rotatable bonds is 4. The number of likely N-dealkylation sites (tertiary alicyclic amines) is 1. The lowest BCUT2D eigenvalue weighted by atomic mass is 9.78. The molecule has 2 fully saturated rings. The standard InChI is InChI=1S/C23H26FN3O4/c24-18-6-7-19(25-14-18)21(29)26-23(17-4-2-1-3-5-17)10-11-27(15-20(23)28)22(30)16-8-12-31-13-9-16/h1-7,14,16,20,28H,8-13,15H2,(H,26,29)/t20-,23-/m1/s1. The molecule has 0 spiro atoms. The van der Waals surface area contributed by atoms with Crippen LogP contribution in [0.1, 0.15) is 35.3 Å². The van der Waals surface area contributed by atoms with Gasteiger partial charge in [-0.05, 0) is 37.0 Å². The van der Waals surface area contributed by atoms with E-state index in [9.17, 15) is 19.1 Å². The molecule has 2 N–H and O–H groups in total. The average Bonchev–Trinajstić information content (AvgIpc) is 2.81. The third-order valence-electron chi connectivity index (χ3n) is 6.21. The second-order valence-electron chi connectivity index (χ2n) is 8.09. The van der Waals surface area contributed by atoms with Gasteiger partial charge in [-0.1, -0.05) is 30.3 Å². The molecule has 8 heteroatoms. The summed E-state index contributed by atoms with van der Waals surface area (Å²) >= 11 is 0. The molecular weight excluding hydrogens is 401 g/mol. The normalized spacial score (nSPS) is 24.6. The second-order valence-corrected chi connectivity index (χ2v) is 8.09. The van der Waals surface area contributed by atoms with Crippen LogP contribution >= 0.6 is 0 Å². The maximum absolute atomic E-state index is 13.2. The number of halogens is 1. The summed E-state index contributed by atoms with van der Waals surface area (Å²) < 4.78 is 18.5. The first-order valence-electron chi connectivity index (χ1n) is 10.5. The number of aromatic nitrogens is 1. The smallest absolute Gasteiger partial charge is 0.270 e. The van der Waals surface area contributed by atoms with Crippen molar-refractivity contribution in [1.82, 2.24) is 15.2 Å². The molecule has 4 rings (SSSR count). The van der Waals surface area contributed by atoms with Crippen LogP contribution < -0.4 is 5.32 Å². The van der Waals surface area contributed by atoms with E-state index in [-0.39, 0.29) is 24.1 Å². The minimum atomic E-state index is -1.08. The topological polar surface area (TPSA) is 91.8 Å². The first kappa shape index (κ1) is 21.4. The van der Waals surface area contributed by atoms with E-state index >= 15 is 0 Å². The van der Waals surface area contributed by atoms with Gasteiger partial charge in [-0.3, -0.25) is 9.59 Å². The van der Waals surface area contributed by atoms with E-state index in [0.29, 0.717) is 39.0 Å². The van der Waals surface area contributed by atoms with E-state index in [2.05, 4.69) is 10.3 Å². The number of aliphatic hydroxyl groups is 1. The molecule has 0 radical (unpaired) electrons. The Hall–Kier alpha value is -2.84. The summed E-state index contributed by atoms with van der Waals surface area (Å²) in [5.41, 5.74) is -0.276. The highest BCUT2D eigenvalue weighted by molar-refractivity contribution is 5.93. The van der Waals surface area contributed by atoms with Gasteiger partial charge >= 0.3 is 0 Å². The van der Waals surface area contributed by atoms with Crippen molar-refractivity contribution in [2.45, 2.75) is 30.9 Å². The third kappa shape index (κ3) is 4.45. The number of hydrogen-bond acceptors (Lipinski definition) is 5. The number of carbonyl (C=O) groups excluding carboxylic acids is 2. The van der Waals surface area contributed by atoms with Crippen LogP contribution in [0.3, 0.4) is 0 Å². The summed E-state index contributed by atoms with van der Waals surface area (Å²) in [7, 11) is 0. The number of piperidine rings is 1. The maximum Gasteiger partial charge on any atom is 0.270 e. The first-order valence-corrected chi connectivity index (χ1v) is 10.5. The minimum absolute atomic E-state index is 0.0236. The van der Waals surface area contributed by atoms with Crippen molar-refractivity contribution in [3.63, 3.8) is 0 Å². The van der Waals surface area contributed by atoms with Gasteiger partial charge in [0.05, 0.1) is 17.8 Å². The molecule has 7 nitrogen and oxygen atoms in total. The zero-order chi connectivity index (χ0) is 21.8. The van der Waals surface area contributed by atoms with Crippen molar-refractivity contribution >= 4 is 11.8 Å². The summed E-state index contributed by atoms with van der Waals surface area (Å²) in [5, 5.41) is 14.2. The zero-order valence-corrected chi connectivity index (χ0v) is 17.2. The fourth-order valence-corrected chi connectivity index (χ4v) is 4.40.